The van der Waals surface area contributed by atoms with Gasteiger partial charge in [-0.1, -0.05) is 54.1 Å². The molecule has 15 heavy (non-hydrogen) atoms. The average molecular weight is 276 g/mol. The van der Waals surface area contributed by atoms with Crippen LogP contribution in [0.3, 0.4) is 0 Å². The number of alkyl halides is 3. The molecule has 0 aromatic heterocycles. The van der Waals surface area contributed by atoms with Gasteiger partial charge in [0.15, 0.2) is 0 Å². The number of carboxylic acids is 1. The first-order chi connectivity index (χ1) is 6.80. The Balaban J connectivity index is 2.94. The van der Waals surface area contributed by atoms with Crippen molar-refractivity contribution in [2.24, 2.45) is 5.92 Å². The summed E-state index contributed by atoms with van der Waals surface area (Å²) in [6.45, 7) is 0. The number of hydrogen-bond acceptors (Lipinski definition) is 2. The second-order valence-corrected chi connectivity index (χ2v) is 6.19. The van der Waals surface area contributed by atoms with Crippen LogP contribution in [0.25, 0.3) is 0 Å². The molecule has 0 amide bonds. The molecule has 1 unspecified atom stereocenters. The van der Waals surface area contributed by atoms with E-state index in [1.54, 1.807) is 0 Å². The molecule has 6 heteroatoms. The average Bonchev–Trinajstić information content (AvgIpc) is 2.16. The Bertz CT molecular complexity index is 245. The molecule has 1 aliphatic carbocycles. The van der Waals surface area contributed by atoms with Gasteiger partial charge in [0.2, 0.25) is 9.39 Å². The Morgan fingerprint density at radius 1 is 1.13 bits per heavy atom. The monoisotopic (exact) mass is 274 g/mol. The molecular weight excluding hydrogens is 262 g/mol. The second kappa shape index (κ2) is 4.66. The standard InChI is InChI=1S/C9H13Cl3O3/c10-9(11,12)8(15,7(13)14)6-4-2-1-3-5-6/h6,15H,1-5H2,(H,13,14). The molecule has 0 bridgehead atoms. The summed E-state index contributed by atoms with van der Waals surface area (Å²) < 4.78 is -2.19. The molecule has 0 aromatic rings. The molecule has 0 radical (unpaired) electrons. The molecule has 1 fully saturated rings. The van der Waals surface area contributed by atoms with E-state index in [2.05, 4.69) is 0 Å². The molecule has 1 atom stereocenters. The highest BCUT2D eigenvalue weighted by Crippen LogP contribution is 2.47. The maximum Gasteiger partial charge on any atom is 0.340 e. The van der Waals surface area contributed by atoms with Crippen molar-refractivity contribution in [2.75, 3.05) is 0 Å². The lowest BCUT2D eigenvalue weighted by atomic mass is 9.77. The van der Waals surface area contributed by atoms with Crippen LogP contribution >= 0.6 is 34.8 Å². The molecule has 1 saturated carbocycles. The topological polar surface area (TPSA) is 57.5 Å². The maximum atomic E-state index is 11.1. The fourth-order valence-corrected chi connectivity index (χ4v) is 2.75. The third-order valence-electron chi connectivity index (χ3n) is 2.95. The summed E-state index contributed by atoms with van der Waals surface area (Å²) in [5, 5.41) is 19.1. The molecule has 1 rings (SSSR count). The van der Waals surface area contributed by atoms with Crippen molar-refractivity contribution in [2.45, 2.75) is 41.5 Å². The van der Waals surface area contributed by atoms with E-state index in [4.69, 9.17) is 39.9 Å². The van der Waals surface area contributed by atoms with Crippen LogP contribution in [0.15, 0.2) is 0 Å². The van der Waals surface area contributed by atoms with Gasteiger partial charge in [0.05, 0.1) is 0 Å². The van der Waals surface area contributed by atoms with Crippen molar-refractivity contribution in [1.29, 1.82) is 0 Å². The lowest BCUT2D eigenvalue weighted by Gasteiger charge is -2.39. The SMILES string of the molecule is O=C(O)C(O)(C1CCCCC1)C(Cl)(Cl)Cl. The van der Waals surface area contributed by atoms with E-state index in [-0.39, 0.29) is 0 Å². The van der Waals surface area contributed by atoms with Crippen molar-refractivity contribution < 1.29 is 15.0 Å². The van der Waals surface area contributed by atoms with Crippen molar-refractivity contribution in [1.82, 2.24) is 0 Å². The highest BCUT2D eigenvalue weighted by Gasteiger charge is 2.58. The van der Waals surface area contributed by atoms with Gasteiger partial charge in [-0.3, -0.25) is 0 Å². The highest BCUT2D eigenvalue weighted by molar-refractivity contribution is 6.69. The third kappa shape index (κ3) is 2.52. The van der Waals surface area contributed by atoms with E-state index >= 15 is 0 Å². The predicted octanol–water partition coefficient (Wildman–Crippen LogP) is 2.75. The van der Waals surface area contributed by atoms with Gasteiger partial charge in [0.1, 0.15) is 0 Å². The van der Waals surface area contributed by atoms with Crippen LogP contribution < -0.4 is 0 Å². The zero-order chi connectivity index (χ0) is 11.7. The van der Waals surface area contributed by atoms with Gasteiger partial charge in [-0.25, -0.2) is 4.79 Å². The van der Waals surface area contributed by atoms with E-state index in [9.17, 15) is 9.90 Å². The van der Waals surface area contributed by atoms with E-state index < -0.39 is 21.3 Å². The predicted molar refractivity (Wildman–Crippen MR) is 59.5 cm³/mol. The number of aliphatic hydroxyl groups is 1. The van der Waals surface area contributed by atoms with Crippen molar-refractivity contribution >= 4 is 40.8 Å². The Morgan fingerprint density at radius 3 is 1.93 bits per heavy atom. The minimum Gasteiger partial charge on any atom is -0.479 e. The van der Waals surface area contributed by atoms with E-state index in [1.165, 1.54) is 0 Å². The Labute approximate surface area is 103 Å². The van der Waals surface area contributed by atoms with Crippen LogP contribution in [-0.2, 0) is 4.79 Å². The van der Waals surface area contributed by atoms with E-state index in [0.717, 1.165) is 19.3 Å². The molecule has 0 heterocycles. The van der Waals surface area contributed by atoms with Crippen molar-refractivity contribution in [3.63, 3.8) is 0 Å². The molecule has 3 nitrogen and oxygen atoms in total. The van der Waals surface area contributed by atoms with Gasteiger partial charge < -0.3 is 10.2 Å². The fraction of sp³-hybridized carbons (Fsp3) is 0.889. The van der Waals surface area contributed by atoms with Crippen LogP contribution in [0.4, 0.5) is 0 Å². The van der Waals surface area contributed by atoms with Gasteiger partial charge >= 0.3 is 5.97 Å². The summed E-state index contributed by atoms with van der Waals surface area (Å²) in [5.41, 5.74) is -2.28. The third-order valence-corrected chi connectivity index (χ3v) is 3.82. The molecule has 2 N–H and O–H groups in total. The number of rotatable bonds is 2. The number of carboxylic acid groups (broad SMARTS) is 1. The van der Waals surface area contributed by atoms with Crippen LogP contribution in [0.5, 0.6) is 0 Å². The highest BCUT2D eigenvalue weighted by atomic mass is 35.6. The van der Waals surface area contributed by atoms with Crippen LogP contribution in [0, 0.1) is 5.92 Å². The number of aliphatic carboxylic acids is 1. The van der Waals surface area contributed by atoms with Crippen molar-refractivity contribution in [3.05, 3.63) is 0 Å². The van der Waals surface area contributed by atoms with Gasteiger partial charge in [-0.05, 0) is 12.8 Å². The molecule has 0 aromatic carbocycles. The normalized spacial score (nSPS) is 23.5. The number of hydrogen-bond donors (Lipinski definition) is 2. The van der Waals surface area contributed by atoms with E-state index in [1.807, 2.05) is 0 Å². The lowest BCUT2D eigenvalue weighted by molar-refractivity contribution is -0.166. The van der Waals surface area contributed by atoms with Gasteiger partial charge in [-0.2, -0.15) is 0 Å². The minimum absolute atomic E-state index is 0.490. The summed E-state index contributed by atoms with van der Waals surface area (Å²) in [6.07, 6.45) is 3.92. The van der Waals surface area contributed by atoms with Crippen molar-refractivity contribution in [3.8, 4) is 0 Å². The first kappa shape index (κ1) is 13.4. The van der Waals surface area contributed by atoms with E-state index in [0.29, 0.717) is 12.8 Å². The van der Waals surface area contributed by atoms with Gasteiger partial charge in [0.25, 0.3) is 0 Å². The Hall–Kier alpha value is 0.300. The van der Waals surface area contributed by atoms with Crippen LogP contribution in [-0.4, -0.2) is 25.6 Å². The minimum atomic E-state index is -2.28. The molecule has 1 aliphatic rings. The zero-order valence-corrected chi connectivity index (χ0v) is 10.3. The van der Waals surface area contributed by atoms with Gasteiger partial charge in [-0.15, -0.1) is 0 Å². The van der Waals surface area contributed by atoms with Crippen LogP contribution in [0.2, 0.25) is 0 Å². The van der Waals surface area contributed by atoms with Gasteiger partial charge in [0, 0.05) is 5.92 Å². The number of halogens is 3. The summed E-state index contributed by atoms with van der Waals surface area (Å²) >= 11 is 16.7. The fourth-order valence-electron chi connectivity index (χ4n) is 2.05. The zero-order valence-electron chi connectivity index (χ0n) is 8.05. The first-order valence-corrected chi connectivity index (χ1v) is 5.96. The quantitative estimate of drug-likeness (QED) is 0.762. The molecule has 0 aliphatic heterocycles. The maximum absolute atomic E-state index is 11.1. The molecule has 0 spiro atoms. The summed E-state index contributed by atoms with van der Waals surface area (Å²) in [5.74, 6) is -1.95. The summed E-state index contributed by atoms with van der Waals surface area (Å²) in [7, 11) is 0. The van der Waals surface area contributed by atoms with Crippen LogP contribution in [0.1, 0.15) is 32.1 Å². The first-order valence-electron chi connectivity index (χ1n) is 4.82. The smallest absolute Gasteiger partial charge is 0.340 e. The Morgan fingerprint density at radius 2 is 1.60 bits per heavy atom. The molecule has 88 valence electrons. The largest absolute Gasteiger partial charge is 0.479 e. The second-order valence-electron chi connectivity index (χ2n) is 3.90. The summed E-state index contributed by atoms with van der Waals surface area (Å²) in [6, 6.07) is 0. The Kier molecular flexibility index (Phi) is 4.15. The molecular formula is C9H13Cl3O3. The number of carbonyl (C=O) groups is 1. The summed E-state index contributed by atoms with van der Waals surface area (Å²) in [4.78, 5) is 11.1. The lowest BCUT2D eigenvalue weighted by Crippen LogP contribution is -2.56. The molecule has 0 saturated heterocycles.